The molecule has 0 aromatic carbocycles. The highest BCUT2D eigenvalue weighted by Crippen LogP contribution is 2.28. The molecule has 1 aromatic heterocycles. The number of rotatable bonds is 22. The maximum absolute atomic E-state index is 12.3. The van der Waals surface area contributed by atoms with Gasteiger partial charge in [-0.2, -0.15) is 4.98 Å². The molecule has 4 N–H and O–H groups in total. The first kappa shape index (κ1) is 34.8. The van der Waals surface area contributed by atoms with Crippen LogP contribution in [0.15, 0.2) is 17.1 Å². The second-order valence-electron chi connectivity index (χ2n) is 10.6. The van der Waals surface area contributed by atoms with Crippen molar-refractivity contribution >= 4 is 17.7 Å². The van der Waals surface area contributed by atoms with E-state index in [1.807, 2.05) is 0 Å². The topological polar surface area (TPSA) is 169 Å². The van der Waals surface area contributed by atoms with Crippen molar-refractivity contribution in [3.8, 4) is 0 Å². The molecule has 0 bridgehead atoms. The third-order valence-corrected chi connectivity index (χ3v) is 7.10. The molecule has 0 aliphatic carbocycles. The zero-order valence-electron chi connectivity index (χ0n) is 24.4. The van der Waals surface area contributed by atoms with E-state index in [2.05, 4.69) is 17.2 Å². The Morgan fingerprint density at radius 3 is 2.05 bits per heavy atom. The number of aliphatic hydroxyl groups is 3. The first-order valence-corrected chi connectivity index (χ1v) is 15.1. The highest BCUT2D eigenvalue weighted by atomic mass is 16.6. The van der Waals surface area contributed by atoms with E-state index < -0.39 is 55.3 Å². The van der Waals surface area contributed by atoms with Crippen LogP contribution in [0.3, 0.4) is 0 Å². The molecule has 0 radical (unpaired) electrons. The van der Waals surface area contributed by atoms with Crippen molar-refractivity contribution in [2.45, 2.75) is 121 Å². The molecule has 0 spiro atoms. The monoisotopic (exact) mass is 583 g/mol. The Bertz CT molecular complexity index is 942. The van der Waals surface area contributed by atoms with Crippen molar-refractivity contribution in [1.82, 2.24) is 9.55 Å². The van der Waals surface area contributed by atoms with E-state index in [0.717, 1.165) is 23.8 Å². The highest BCUT2D eigenvalue weighted by Gasteiger charge is 2.43. The van der Waals surface area contributed by atoms with Crippen LogP contribution in [0.4, 0.5) is 5.82 Å². The number of hydrogen-bond donors (Lipinski definition) is 4. The first-order chi connectivity index (χ1) is 19.9. The molecule has 1 aromatic rings. The van der Waals surface area contributed by atoms with Gasteiger partial charge in [-0.3, -0.25) is 9.36 Å². The fourth-order valence-corrected chi connectivity index (χ4v) is 4.72. The highest BCUT2D eigenvalue weighted by molar-refractivity contribution is 5.90. The fraction of sp³-hybridized carbons (Fsp3) is 0.793. The van der Waals surface area contributed by atoms with Gasteiger partial charge < -0.3 is 34.8 Å². The number of esters is 1. The minimum absolute atomic E-state index is 0.0630. The van der Waals surface area contributed by atoms with E-state index in [0.29, 0.717) is 6.61 Å². The Morgan fingerprint density at radius 2 is 1.51 bits per heavy atom. The number of amides is 1. The molecule has 1 aliphatic rings. The molecule has 4 atom stereocenters. The number of carbonyl (C=O) groups excluding carboxylic acids is 2. The summed E-state index contributed by atoms with van der Waals surface area (Å²) < 4.78 is 16.5. The molecule has 1 saturated heterocycles. The van der Waals surface area contributed by atoms with Crippen molar-refractivity contribution in [3.05, 3.63) is 22.7 Å². The molecule has 234 valence electrons. The van der Waals surface area contributed by atoms with Gasteiger partial charge in [-0.1, -0.05) is 90.4 Å². The number of nitrogens with one attached hydrogen (secondary N) is 1. The Morgan fingerprint density at radius 1 is 0.927 bits per heavy atom. The summed E-state index contributed by atoms with van der Waals surface area (Å²) in [5, 5.41) is 31.5. The van der Waals surface area contributed by atoms with E-state index in [1.165, 1.54) is 82.9 Å². The summed E-state index contributed by atoms with van der Waals surface area (Å²) in [4.78, 5) is 39.9. The van der Waals surface area contributed by atoms with E-state index in [9.17, 15) is 29.7 Å². The van der Waals surface area contributed by atoms with Gasteiger partial charge in [-0.15, -0.1) is 0 Å². The second-order valence-corrected chi connectivity index (χ2v) is 10.6. The zero-order valence-corrected chi connectivity index (χ0v) is 24.4. The van der Waals surface area contributed by atoms with Gasteiger partial charge in [0.2, 0.25) is 0 Å². The molecule has 1 fully saturated rings. The van der Waals surface area contributed by atoms with Crippen LogP contribution in [-0.2, 0) is 23.8 Å². The molecule has 12 heteroatoms. The van der Waals surface area contributed by atoms with Crippen molar-refractivity contribution < 1.29 is 39.1 Å². The Hall–Kier alpha value is -2.38. The maximum atomic E-state index is 12.3. The van der Waals surface area contributed by atoms with Gasteiger partial charge in [0, 0.05) is 6.20 Å². The number of hydrogen-bond acceptors (Lipinski definition) is 10. The van der Waals surface area contributed by atoms with E-state index in [-0.39, 0.29) is 12.4 Å². The summed E-state index contributed by atoms with van der Waals surface area (Å²) in [5.41, 5.74) is -0.842. The molecule has 1 aliphatic heterocycles. The Balaban J connectivity index is 1.48. The predicted octanol–water partition coefficient (Wildman–Crippen LogP) is 2.83. The van der Waals surface area contributed by atoms with Crippen LogP contribution in [0, 0.1) is 0 Å². The number of nitrogens with zero attached hydrogens (tertiary/aromatic N) is 2. The lowest BCUT2D eigenvalue weighted by Gasteiger charge is -2.17. The largest absolute Gasteiger partial charge is 0.464 e. The number of unbranched alkanes of at least 4 members (excludes halogenated alkanes) is 13. The molecular weight excluding hydrogens is 534 g/mol. The molecule has 2 heterocycles. The average Bonchev–Trinajstić information content (AvgIpc) is 3.23. The lowest BCUT2D eigenvalue weighted by atomic mass is 10.0. The summed E-state index contributed by atoms with van der Waals surface area (Å²) in [6.07, 6.45) is 13.7. The van der Waals surface area contributed by atoms with Gasteiger partial charge in [-0.25, -0.2) is 9.59 Å². The van der Waals surface area contributed by atoms with Crippen molar-refractivity contribution in [3.63, 3.8) is 0 Å². The van der Waals surface area contributed by atoms with Gasteiger partial charge in [0.05, 0.1) is 13.2 Å². The molecule has 2 rings (SSSR count). The van der Waals surface area contributed by atoms with Crippen LogP contribution in [0.5, 0.6) is 0 Å². The molecular formula is C29H49N3O9. The van der Waals surface area contributed by atoms with E-state index in [4.69, 9.17) is 14.2 Å². The molecule has 41 heavy (non-hydrogen) atoms. The SMILES string of the molecule is CCCCCCCCCCCCCCCCOC(=O)COCC(=O)Nc1ccn([C@@H]2O[C@H](CO)[C@@H](O)[C@@H]2O)c(=O)n1. The van der Waals surface area contributed by atoms with Crippen molar-refractivity contribution in [2.75, 3.05) is 31.7 Å². The van der Waals surface area contributed by atoms with Crippen molar-refractivity contribution in [2.24, 2.45) is 0 Å². The number of aliphatic hydroxyl groups excluding tert-OH is 3. The lowest BCUT2D eigenvalue weighted by molar-refractivity contribution is -0.149. The first-order valence-electron chi connectivity index (χ1n) is 15.1. The number of carbonyl (C=O) groups is 2. The fourth-order valence-electron chi connectivity index (χ4n) is 4.72. The van der Waals surface area contributed by atoms with Gasteiger partial charge in [0.1, 0.15) is 37.3 Å². The standard InChI is InChI=1S/C29H49N3O9/c1-2-3-4-5-6-7-8-9-10-11-12-13-14-15-18-40-25(35)21-39-20-24(34)30-23-16-17-32(29(38)31-23)28-27(37)26(36)22(19-33)41-28/h16-17,22,26-28,33,36-37H,2-15,18-21H2,1H3,(H,30,31,34,38)/t22-,26-,27+,28-/m1/s1. The molecule has 1 amide bonds. The van der Waals surface area contributed by atoms with Gasteiger partial charge in [0.15, 0.2) is 6.23 Å². The quantitative estimate of drug-likeness (QED) is 0.118. The molecule has 0 saturated carbocycles. The third kappa shape index (κ3) is 13.4. The van der Waals surface area contributed by atoms with Crippen LogP contribution in [-0.4, -0.2) is 81.5 Å². The minimum Gasteiger partial charge on any atom is -0.464 e. The average molecular weight is 584 g/mol. The summed E-state index contributed by atoms with van der Waals surface area (Å²) >= 11 is 0. The smallest absolute Gasteiger partial charge is 0.351 e. The number of ether oxygens (including phenoxy) is 3. The number of anilines is 1. The Kier molecular flexibility index (Phi) is 17.4. The van der Waals surface area contributed by atoms with Crippen LogP contribution in [0.25, 0.3) is 0 Å². The van der Waals surface area contributed by atoms with Crippen LogP contribution < -0.4 is 11.0 Å². The minimum atomic E-state index is -1.44. The lowest BCUT2D eigenvalue weighted by Crippen LogP contribution is -2.36. The number of aromatic nitrogens is 2. The van der Waals surface area contributed by atoms with Gasteiger partial charge in [0.25, 0.3) is 5.91 Å². The summed E-state index contributed by atoms with van der Waals surface area (Å²) in [5.74, 6) is -1.24. The summed E-state index contributed by atoms with van der Waals surface area (Å²) in [6, 6.07) is 1.30. The predicted molar refractivity (Wildman–Crippen MR) is 152 cm³/mol. The van der Waals surface area contributed by atoms with Crippen LogP contribution >= 0.6 is 0 Å². The van der Waals surface area contributed by atoms with E-state index >= 15 is 0 Å². The Labute approximate surface area is 242 Å². The van der Waals surface area contributed by atoms with Gasteiger partial charge in [-0.05, 0) is 12.5 Å². The molecule has 12 nitrogen and oxygen atoms in total. The normalized spacial score (nSPS) is 20.3. The summed E-state index contributed by atoms with van der Waals surface area (Å²) in [6.45, 7) is 1.23. The second kappa shape index (κ2) is 20.5. The molecule has 0 unspecified atom stereocenters. The van der Waals surface area contributed by atoms with Gasteiger partial charge >= 0.3 is 11.7 Å². The van der Waals surface area contributed by atoms with E-state index in [1.54, 1.807) is 0 Å². The third-order valence-electron chi connectivity index (χ3n) is 7.10. The summed E-state index contributed by atoms with van der Waals surface area (Å²) in [7, 11) is 0. The maximum Gasteiger partial charge on any atom is 0.351 e. The van der Waals surface area contributed by atoms with Crippen LogP contribution in [0.1, 0.15) is 103 Å². The van der Waals surface area contributed by atoms with Crippen LogP contribution in [0.2, 0.25) is 0 Å². The van der Waals surface area contributed by atoms with Crippen molar-refractivity contribution in [1.29, 1.82) is 0 Å². The zero-order chi connectivity index (χ0) is 29.9.